The molecule has 0 aliphatic heterocycles. The third kappa shape index (κ3) is 2.30. The average molecular weight is 216 g/mol. The lowest BCUT2D eigenvalue weighted by atomic mass is 10.3. The molecule has 0 unspecified atom stereocenters. The number of aromatic amines is 1. The molecule has 80 valence electrons. The lowest BCUT2D eigenvalue weighted by molar-refractivity contribution is 0.102. The third-order valence-corrected chi connectivity index (χ3v) is 1.86. The van der Waals surface area contributed by atoms with Crippen molar-refractivity contribution < 1.29 is 4.79 Å². The summed E-state index contributed by atoms with van der Waals surface area (Å²) < 4.78 is 0. The number of carbonyl (C=O) groups excluding carboxylic acids is 1. The summed E-state index contributed by atoms with van der Waals surface area (Å²) in [5.41, 5.74) is 0.0984. The van der Waals surface area contributed by atoms with E-state index in [2.05, 4.69) is 20.5 Å². The van der Waals surface area contributed by atoms with Gasteiger partial charge in [-0.2, -0.15) is 5.10 Å². The molecule has 1 amide bonds. The predicted molar refractivity (Wildman–Crippen MR) is 57.0 cm³/mol. The van der Waals surface area contributed by atoms with Gasteiger partial charge in [0.05, 0.1) is 5.56 Å². The smallest absolute Gasteiger partial charge is 0.258 e. The van der Waals surface area contributed by atoms with Crippen LogP contribution in [-0.4, -0.2) is 21.1 Å². The maximum absolute atomic E-state index is 11.6. The average Bonchev–Trinajstić information content (AvgIpc) is 2.31. The van der Waals surface area contributed by atoms with Crippen LogP contribution >= 0.6 is 0 Å². The summed E-state index contributed by atoms with van der Waals surface area (Å²) in [6, 6.07) is 6.00. The molecule has 2 aromatic heterocycles. The van der Waals surface area contributed by atoms with Crippen LogP contribution in [0.3, 0.4) is 0 Å². The van der Waals surface area contributed by atoms with Crippen LogP contribution in [0.5, 0.6) is 0 Å². The first kappa shape index (κ1) is 10.0. The first-order valence-electron chi connectivity index (χ1n) is 4.53. The molecule has 2 N–H and O–H groups in total. The van der Waals surface area contributed by atoms with E-state index in [0.29, 0.717) is 11.4 Å². The summed E-state index contributed by atoms with van der Waals surface area (Å²) in [6.07, 6.45) is 2.85. The van der Waals surface area contributed by atoms with Gasteiger partial charge in [-0.15, -0.1) is 5.10 Å². The quantitative estimate of drug-likeness (QED) is 0.761. The minimum Gasteiger partial charge on any atom is -0.328 e. The number of H-pyrrole nitrogens is 1. The Labute approximate surface area is 90.4 Å². The second-order valence-electron chi connectivity index (χ2n) is 3.00. The van der Waals surface area contributed by atoms with E-state index in [-0.39, 0.29) is 11.5 Å². The lowest BCUT2D eigenvalue weighted by Crippen LogP contribution is -2.15. The number of amides is 1. The van der Waals surface area contributed by atoms with Gasteiger partial charge in [-0.25, -0.2) is 0 Å². The van der Waals surface area contributed by atoms with E-state index in [1.54, 1.807) is 12.1 Å². The van der Waals surface area contributed by atoms with Crippen LogP contribution in [0, 0.1) is 0 Å². The molecule has 0 saturated heterocycles. The van der Waals surface area contributed by atoms with E-state index < -0.39 is 0 Å². The van der Waals surface area contributed by atoms with Crippen molar-refractivity contribution in [1.82, 2.24) is 15.2 Å². The highest BCUT2D eigenvalue weighted by atomic mass is 16.2. The molecule has 0 saturated carbocycles. The number of pyridine rings is 1. The normalized spacial score (nSPS) is 9.75. The van der Waals surface area contributed by atoms with Gasteiger partial charge < -0.3 is 10.3 Å². The predicted octanol–water partition coefficient (Wildman–Crippen LogP) is 0.417. The molecular formula is C10H8N4O2. The molecule has 0 radical (unpaired) electrons. The zero-order chi connectivity index (χ0) is 11.4. The van der Waals surface area contributed by atoms with E-state index in [0.717, 1.165) is 0 Å². The monoisotopic (exact) mass is 216 g/mol. The van der Waals surface area contributed by atoms with Crippen molar-refractivity contribution in [1.29, 1.82) is 0 Å². The van der Waals surface area contributed by atoms with Crippen molar-refractivity contribution in [3.05, 3.63) is 52.6 Å². The molecule has 2 aromatic rings. The number of hydrogen-bond donors (Lipinski definition) is 2. The Morgan fingerprint density at radius 3 is 2.81 bits per heavy atom. The van der Waals surface area contributed by atoms with Crippen molar-refractivity contribution >= 4 is 11.7 Å². The SMILES string of the molecule is O=C(Nc1cccnn1)c1ccc(=O)[nH]c1. The Kier molecular flexibility index (Phi) is 2.73. The highest BCUT2D eigenvalue weighted by Crippen LogP contribution is 2.02. The minimum atomic E-state index is -0.350. The molecule has 0 bridgehead atoms. The Bertz CT molecular complexity index is 530. The second-order valence-corrected chi connectivity index (χ2v) is 3.00. The van der Waals surface area contributed by atoms with Crippen LogP contribution < -0.4 is 10.9 Å². The van der Waals surface area contributed by atoms with E-state index in [1.807, 2.05) is 0 Å². The van der Waals surface area contributed by atoms with Crippen molar-refractivity contribution in [2.75, 3.05) is 5.32 Å². The Balaban J connectivity index is 2.15. The standard InChI is InChI=1S/C10H8N4O2/c15-9-4-3-7(6-11-9)10(16)13-8-2-1-5-12-14-8/h1-6H,(H,11,15)(H,13,14,16). The highest BCUT2D eigenvalue weighted by Gasteiger charge is 2.06. The van der Waals surface area contributed by atoms with E-state index in [9.17, 15) is 9.59 Å². The van der Waals surface area contributed by atoms with E-state index >= 15 is 0 Å². The molecule has 0 atom stereocenters. The summed E-state index contributed by atoms with van der Waals surface area (Å²) in [4.78, 5) is 24.8. The second kappa shape index (κ2) is 4.35. The number of carbonyl (C=O) groups is 1. The molecule has 0 aromatic carbocycles. The number of nitrogens with zero attached hydrogens (tertiary/aromatic N) is 2. The number of hydrogen-bond acceptors (Lipinski definition) is 4. The molecule has 16 heavy (non-hydrogen) atoms. The van der Waals surface area contributed by atoms with Gasteiger partial charge in [0.25, 0.3) is 5.91 Å². The van der Waals surface area contributed by atoms with Crippen LogP contribution in [0.15, 0.2) is 41.5 Å². The first-order chi connectivity index (χ1) is 7.75. The Hall–Kier alpha value is -2.50. The Morgan fingerprint density at radius 2 is 2.19 bits per heavy atom. The fraction of sp³-hybridized carbons (Fsp3) is 0. The minimum absolute atomic E-state index is 0.254. The maximum Gasteiger partial charge on any atom is 0.258 e. The van der Waals surface area contributed by atoms with Crippen LogP contribution in [0.4, 0.5) is 5.82 Å². The van der Waals surface area contributed by atoms with Crippen LogP contribution in [0.25, 0.3) is 0 Å². The molecule has 6 heteroatoms. The molecule has 2 rings (SSSR count). The van der Waals surface area contributed by atoms with Crippen molar-refractivity contribution in [3.8, 4) is 0 Å². The van der Waals surface area contributed by atoms with Crippen LogP contribution in [-0.2, 0) is 0 Å². The van der Waals surface area contributed by atoms with Crippen molar-refractivity contribution in [3.63, 3.8) is 0 Å². The zero-order valence-corrected chi connectivity index (χ0v) is 8.18. The topological polar surface area (TPSA) is 87.7 Å². The van der Waals surface area contributed by atoms with Crippen molar-refractivity contribution in [2.24, 2.45) is 0 Å². The van der Waals surface area contributed by atoms with Crippen molar-refractivity contribution in [2.45, 2.75) is 0 Å². The van der Waals surface area contributed by atoms with Gasteiger partial charge in [0.2, 0.25) is 5.56 Å². The van der Waals surface area contributed by atoms with Gasteiger partial charge in [0.15, 0.2) is 5.82 Å². The number of aromatic nitrogens is 3. The van der Waals surface area contributed by atoms with Gasteiger partial charge in [-0.1, -0.05) is 0 Å². The number of rotatable bonds is 2. The van der Waals surface area contributed by atoms with Gasteiger partial charge in [0.1, 0.15) is 0 Å². The van der Waals surface area contributed by atoms with Crippen LogP contribution in [0.2, 0.25) is 0 Å². The first-order valence-corrected chi connectivity index (χ1v) is 4.53. The van der Waals surface area contributed by atoms with Gasteiger partial charge >= 0.3 is 0 Å². The molecule has 2 heterocycles. The summed E-state index contributed by atoms with van der Waals surface area (Å²) in [5, 5.41) is 9.87. The molecule has 0 aliphatic carbocycles. The number of anilines is 1. The maximum atomic E-state index is 11.6. The van der Waals surface area contributed by atoms with Crippen LogP contribution in [0.1, 0.15) is 10.4 Å². The summed E-state index contributed by atoms with van der Waals surface area (Å²) in [7, 11) is 0. The molecule has 0 spiro atoms. The number of nitrogens with one attached hydrogen (secondary N) is 2. The van der Waals surface area contributed by atoms with Gasteiger partial charge in [-0.05, 0) is 18.2 Å². The largest absolute Gasteiger partial charge is 0.328 e. The fourth-order valence-corrected chi connectivity index (χ4v) is 1.11. The van der Waals surface area contributed by atoms with E-state index in [1.165, 1.54) is 24.5 Å². The summed E-state index contributed by atoms with van der Waals surface area (Å²) >= 11 is 0. The fourth-order valence-electron chi connectivity index (χ4n) is 1.11. The molecule has 0 fully saturated rings. The molecule has 0 aliphatic rings. The zero-order valence-electron chi connectivity index (χ0n) is 8.18. The summed E-state index contributed by atoms with van der Waals surface area (Å²) in [5.74, 6) is 0.00968. The van der Waals surface area contributed by atoms with Gasteiger partial charge in [0, 0.05) is 18.5 Å². The van der Waals surface area contributed by atoms with Gasteiger partial charge in [-0.3, -0.25) is 9.59 Å². The molecular weight excluding hydrogens is 208 g/mol. The highest BCUT2D eigenvalue weighted by molar-refractivity contribution is 6.03. The molecule has 6 nitrogen and oxygen atoms in total. The third-order valence-electron chi connectivity index (χ3n) is 1.86. The lowest BCUT2D eigenvalue weighted by Gasteiger charge is -2.02. The Morgan fingerprint density at radius 1 is 1.31 bits per heavy atom. The van der Waals surface area contributed by atoms with E-state index in [4.69, 9.17) is 0 Å². The summed E-state index contributed by atoms with van der Waals surface area (Å²) in [6.45, 7) is 0.